The molecule has 178 valence electrons. The summed E-state index contributed by atoms with van der Waals surface area (Å²) in [5.41, 5.74) is 2.34. The number of rotatable bonds is 6. The van der Waals surface area contributed by atoms with Crippen molar-refractivity contribution in [3.05, 3.63) is 38.3 Å². The van der Waals surface area contributed by atoms with E-state index in [4.69, 9.17) is 11.6 Å². The molecular weight excluding hydrogens is 444 g/mol. The van der Waals surface area contributed by atoms with Gasteiger partial charge in [0.1, 0.15) is 0 Å². The van der Waals surface area contributed by atoms with Crippen LogP contribution in [0.4, 0.5) is 5.82 Å². The minimum atomic E-state index is -0.503. The average Bonchev–Trinajstić information content (AvgIpc) is 3.20. The standard InChI is InChI=1S/C23H31ClN6O3/c1-13(18-11-25-28(4)14(18)2)26-19(31)10-22-6-16-5-17(7-22)9-23(8-16,12-22)29-15(3)20(24)21(27-29)30(32)33/h11,13,16-17H,5-10,12H2,1-4H3,(H,26,31). The lowest BCUT2D eigenvalue weighted by atomic mass is 9.46. The summed E-state index contributed by atoms with van der Waals surface area (Å²) in [5.74, 6) is 0.818. The normalized spacial score (nSPS) is 31.1. The molecule has 4 saturated carbocycles. The predicted octanol–water partition coefficient (Wildman–Crippen LogP) is 4.36. The van der Waals surface area contributed by atoms with Gasteiger partial charge < -0.3 is 15.4 Å². The Labute approximate surface area is 198 Å². The number of nitro groups is 1. The Morgan fingerprint density at radius 2 is 1.97 bits per heavy atom. The number of carbonyl (C=O) groups is 1. The van der Waals surface area contributed by atoms with Crippen LogP contribution in [0, 0.1) is 41.2 Å². The number of hydrogen-bond acceptors (Lipinski definition) is 5. The molecule has 3 atom stereocenters. The van der Waals surface area contributed by atoms with E-state index in [1.807, 2.05) is 43.4 Å². The first-order valence-electron chi connectivity index (χ1n) is 11.7. The number of carbonyl (C=O) groups excluding carboxylic acids is 1. The molecule has 4 aliphatic rings. The van der Waals surface area contributed by atoms with Crippen molar-refractivity contribution in [1.82, 2.24) is 24.9 Å². The van der Waals surface area contributed by atoms with Gasteiger partial charge in [-0.15, -0.1) is 0 Å². The van der Waals surface area contributed by atoms with Crippen molar-refractivity contribution in [1.29, 1.82) is 0 Å². The minimum Gasteiger partial charge on any atom is -0.358 e. The van der Waals surface area contributed by atoms with Crippen LogP contribution in [0.3, 0.4) is 0 Å². The van der Waals surface area contributed by atoms with Gasteiger partial charge in [-0.3, -0.25) is 9.48 Å². The molecular formula is C23H31ClN6O3. The zero-order chi connectivity index (χ0) is 23.7. The lowest BCUT2D eigenvalue weighted by molar-refractivity contribution is -0.389. The number of nitrogens with zero attached hydrogens (tertiary/aromatic N) is 5. The predicted molar refractivity (Wildman–Crippen MR) is 123 cm³/mol. The minimum absolute atomic E-state index is 0.0593. The van der Waals surface area contributed by atoms with Crippen molar-refractivity contribution in [2.45, 2.75) is 77.3 Å². The molecule has 4 bridgehead atoms. The molecule has 0 aliphatic heterocycles. The van der Waals surface area contributed by atoms with Gasteiger partial charge in [0, 0.05) is 24.7 Å². The Hall–Kier alpha value is -2.42. The first kappa shape index (κ1) is 22.4. The lowest BCUT2D eigenvalue weighted by Gasteiger charge is -2.61. The molecule has 1 amide bonds. The molecule has 0 radical (unpaired) electrons. The summed E-state index contributed by atoms with van der Waals surface area (Å²) >= 11 is 6.30. The zero-order valence-corrected chi connectivity index (χ0v) is 20.4. The second-order valence-corrected chi connectivity index (χ2v) is 11.2. The SMILES string of the molecule is Cc1c(C(C)NC(=O)CC23CC4CC(C2)CC(n2nc([N+](=O)[O-])c(Cl)c2C)(C4)C3)cnn1C. The summed E-state index contributed by atoms with van der Waals surface area (Å²) in [6.45, 7) is 5.82. The second-order valence-electron chi connectivity index (χ2n) is 10.9. The molecule has 4 aliphatic carbocycles. The third-order valence-electron chi connectivity index (χ3n) is 8.45. The fourth-order valence-electron chi connectivity index (χ4n) is 7.56. The highest BCUT2D eigenvalue weighted by molar-refractivity contribution is 6.33. The molecule has 0 spiro atoms. The molecule has 3 unspecified atom stereocenters. The molecule has 6 rings (SSSR count). The Kier molecular flexibility index (Phi) is 5.12. The molecule has 0 aromatic carbocycles. The van der Waals surface area contributed by atoms with Gasteiger partial charge in [0.25, 0.3) is 0 Å². The van der Waals surface area contributed by atoms with Crippen molar-refractivity contribution < 1.29 is 9.72 Å². The summed E-state index contributed by atoms with van der Waals surface area (Å²) in [5, 5.41) is 23.5. The Morgan fingerprint density at radius 3 is 2.52 bits per heavy atom. The van der Waals surface area contributed by atoms with Gasteiger partial charge in [-0.25, -0.2) is 0 Å². The number of hydrogen-bond donors (Lipinski definition) is 1. The molecule has 2 aromatic rings. The molecule has 0 saturated heterocycles. The smallest absolute Gasteiger partial charge is 0.358 e. The average molecular weight is 475 g/mol. The topological polar surface area (TPSA) is 108 Å². The van der Waals surface area contributed by atoms with Crippen molar-refractivity contribution >= 4 is 23.3 Å². The molecule has 2 aromatic heterocycles. The van der Waals surface area contributed by atoms with E-state index in [1.54, 1.807) is 0 Å². The van der Waals surface area contributed by atoms with Gasteiger partial charge in [-0.05, 0) is 81.5 Å². The van der Waals surface area contributed by atoms with Crippen LogP contribution in [-0.2, 0) is 17.4 Å². The van der Waals surface area contributed by atoms with E-state index < -0.39 is 4.92 Å². The number of aromatic nitrogens is 4. The maximum Gasteiger partial charge on any atom is 0.408 e. The number of aryl methyl sites for hydroxylation is 1. The zero-order valence-electron chi connectivity index (χ0n) is 19.6. The lowest BCUT2D eigenvalue weighted by Crippen LogP contribution is -2.58. The van der Waals surface area contributed by atoms with E-state index in [9.17, 15) is 14.9 Å². The molecule has 2 heterocycles. The quantitative estimate of drug-likeness (QED) is 0.494. The molecule has 4 fully saturated rings. The van der Waals surface area contributed by atoms with Crippen molar-refractivity contribution in [3.8, 4) is 0 Å². The molecule has 1 N–H and O–H groups in total. The Morgan fingerprint density at radius 1 is 1.30 bits per heavy atom. The van der Waals surface area contributed by atoms with Crippen LogP contribution in [0.2, 0.25) is 5.02 Å². The van der Waals surface area contributed by atoms with Crippen LogP contribution in [0.15, 0.2) is 6.20 Å². The van der Waals surface area contributed by atoms with E-state index in [0.717, 1.165) is 43.4 Å². The first-order chi connectivity index (χ1) is 15.5. The maximum atomic E-state index is 13.2. The number of nitrogens with one attached hydrogen (secondary N) is 1. The maximum absolute atomic E-state index is 13.2. The van der Waals surface area contributed by atoms with Crippen LogP contribution in [0.1, 0.15) is 74.9 Å². The van der Waals surface area contributed by atoms with E-state index in [2.05, 4.69) is 15.5 Å². The van der Waals surface area contributed by atoms with E-state index >= 15 is 0 Å². The summed E-state index contributed by atoms with van der Waals surface area (Å²) < 4.78 is 3.66. The van der Waals surface area contributed by atoms with Crippen LogP contribution in [0.25, 0.3) is 0 Å². The van der Waals surface area contributed by atoms with Crippen LogP contribution in [-0.4, -0.2) is 30.4 Å². The molecule has 33 heavy (non-hydrogen) atoms. The number of amides is 1. The van der Waals surface area contributed by atoms with E-state index in [0.29, 0.717) is 24.0 Å². The second kappa shape index (κ2) is 7.55. The van der Waals surface area contributed by atoms with Crippen molar-refractivity contribution in [2.75, 3.05) is 0 Å². The Balaban J connectivity index is 1.39. The summed E-state index contributed by atoms with van der Waals surface area (Å²) in [7, 11) is 1.90. The monoisotopic (exact) mass is 474 g/mol. The van der Waals surface area contributed by atoms with E-state index in [1.165, 1.54) is 6.42 Å². The van der Waals surface area contributed by atoms with Gasteiger partial charge in [0.2, 0.25) is 5.91 Å². The fourth-order valence-corrected chi connectivity index (χ4v) is 7.74. The first-order valence-corrected chi connectivity index (χ1v) is 12.1. The Bertz CT molecular complexity index is 1120. The van der Waals surface area contributed by atoms with Gasteiger partial charge in [0.05, 0.1) is 28.6 Å². The van der Waals surface area contributed by atoms with Crippen LogP contribution in [0.5, 0.6) is 0 Å². The van der Waals surface area contributed by atoms with Gasteiger partial charge in [0.15, 0.2) is 5.02 Å². The van der Waals surface area contributed by atoms with Gasteiger partial charge in [-0.2, -0.15) is 9.78 Å². The van der Waals surface area contributed by atoms with Gasteiger partial charge >= 0.3 is 5.82 Å². The highest BCUT2D eigenvalue weighted by atomic mass is 35.5. The largest absolute Gasteiger partial charge is 0.408 e. The summed E-state index contributed by atoms with van der Waals surface area (Å²) in [4.78, 5) is 24.2. The van der Waals surface area contributed by atoms with Crippen LogP contribution >= 0.6 is 11.6 Å². The highest BCUT2D eigenvalue weighted by Gasteiger charge is 2.60. The molecule has 9 nitrogen and oxygen atoms in total. The number of halogens is 1. The van der Waals surface area contributed by atoms with E-state index in [-0.39, 0.29) is 33.7 Å². The fraction of sp³-hybridized carbons (Fsp3) is 0.696. The van der Waals surface area contributed by atoms with Crippen molar-refractivity contribution in [2.24, 2.45) is 24.3 Å². The van der Waals surface area contributed by atoms with Gasteiger partial charge in [-0.1, -0.05) is 11.6 Å². The van der Waals surface area contributed by atoms with Crippen LogP contribution < -0.4 is 5.32 Å². The summed E-state index contributed by atoms with van der Waals surface area (Å²) in [6, 6.07) is -0.108. The molecule has 10 heteroatoms. The summed E-state index contributed by atoms with van der Waals surface area (Å²) in [6.07, 6.45) is 8.26. The highest BCUT2D eigenvalue weighted by Crippen LogP contribution is 2.65. The van der Waals surface area contributed by atoms with Crippen molar-refractivity contribution in [3.63, 3.8) is 0 Å². The third kappa shape index (κ3) is 3.55. The third-order valence-corrected chi connectivity index (χ3v) is 8.90.